The Kier molecular flexibility index (Phi) is 5.48. The molecule has 1 aliphatic heterocycles. The van der Waals surface area contributed by atoms with Gasteiger partial charge in [0.1, 0.15) is 17.3 Å². The molecule has 0 radical (unpaired) electrons. The van der Waals surface area contributed by atoms with Crippen molar-refractivity contribution in [3.8, 4) is 22.6 Å². The average Bonchev–Trinajstić information content (AvgIpc) is 3.32. The Hall–Kier alpha value is -4.86. The van der Waals surface area contributed by atoms with E-state index in [2.05, 4.69) is 25.5 Å². The van der Waals surface area contributed by atoms with E-state index in [0.717, 1.165) is 11.1 Å². The van der Waals surface area contributed by atoms with Gasteiger partial charge in [0, 0.05) is 35.1 Å². The second kappa shape index (κ2) is 8.98. The van der Waals surface area contributed by atoms with Crippen molar-refractivity contribution in [2.24, 2.45) is 0 Å². The second-order valence-corrected chi connectivity index (χ2v) is 8.73. The predicted molar refractivity (Wildman–Crippen MR) is 135 cm³/mol. The van der Waals surface area contributed by atoms with E-state index < -0.39 is 24.9 Å². The minimum absolute atomic E-state index is 0.204. The van der Waals surface area contributed by atoms with Crippen molar-refractivity contribution < 1.29 is 18.3 Å². The largest absolute Gasteiger partial charge is 0.456 e. The Labute approximate surface area is 209 Å². The number of anilines is 2. The Morgan fingerprint density at radius 3 is 2.62 bits per heavy atom. The molecule has 6 rings (SSSR count). The number of para-hydroxylation sites is 1. The highest BCUT2D eigenvalue weighted by molar-refractivity contribution is 6.11. The van der Waals surface area contributed by atoms with Crippen LogP contribution in [0.15, 0.2) is 85.3 Å². The highest BCUT2D eigenvalue weighted by Crippen LogP contribution is 2.32. The SMILES string of the molecule is O=C(Nc1ccnc(N2CC(F)(F)C2)c1)c1n[nH]c2ccc(-c3cncc(Oc4ccccc4)c3)cc12. The number of carbonyl (C=O) groups is 1. The highest BCUT2D eigenvalue weighted by Gasteiger charge is 2.44. The zero-order valence-corrected chi connectivity index (χ0v) is 19.4. The van der Waals surface area contributed by atoms with E-state index in [0.29, 0.717) is 33.9 Å². The molecule has 1 fully saturated rings. The van der Waals surface area contributed by atoms with Crippen LogP contribution in [-0.4, -0.2) is 45.1 Å². The van der Waals surface area contributed by atoms with Gasteiger partial charge in [0.25, 0.3) is 11.8 Å². The third-order valence-electron chi connectivity index (χ3n) is 5.98. The monoisotopic (exact) mass is 498 g/mol. The molecule has 37 heavy (non-hydrogen) atoms. The lowest BCUT2D eigenvalue weighted by molar-refractivity contribution is -0.0267. The van der Waals surface area contributed by atoms with Crippen LogP contribution in [0, 0.1) is 0 Å². The molecule has 0 saturated carbocycles. The van der Waals surface area contributed by atoms with Crippen LogP contribution in [0.4, 0.5) is 20.3 Å². The Morgan fingerprint density at radius 1 is 0.973 bits per heavy atom. The molecule has 2 aromatic carbocycles. The summed E-state index contributed by atoms with van der Waals surface area (Å²) in [6.07, 6.45) is 4.83. The highest BCUT2D eigenvalue weighted by atomic mass is 19.3. The van der Waals surface area contributed by atoms with Crippen molar-refractivity contribution in [2.45, 2.75) is 5.92 Å². The van der Waals surface area contributed by atoms with Gasteiger partial charge in [-0.1, -0.05) is 24.3 Å². The Bertz CT molecular complexity index is 1600. The normalized spacial score (nSPS) is 14.3. The fraction of sp³-hybridized carbons (Fsp3) is 0.111. The number of nitrogens with one attached hydrogen (secondary N) is 2. The third-order valence-corrected chi connectivity index (χ3v) is 5.98. The number of rotatable bonds is 6. The standard InChI is InChI=1S/C27H20F2N6O2/c28-27(29)15-35(16-27)24-12-19(8-9-31-24)32-26(36)25-22-11-17(6-7-23(22)33-34-25)18-10-21(14-30-13-18)37-20-4-2-1-3-5-20/h1-14H,15-16H2,(H,33,34)(H,31,32,36). The number of fused-ring (bicyclic) bond motifs is 1. The molecular weight excluding hydrogens is 478 g/mol. The number of H-pyrrole nitrogens is 1. The van der Waals surface area contributed by atoms with Gasteiger partial charge in [-0.05, 0) is 42.0 Å². The molecule has 0 unspecified atom stereocenters. The molecule has 0 spiro atoms. The van der Waals surface area contributed by atoms with Crippen molar-refractivity contribution in [3.05, 3.63) is 91.0 Å². The zero-order valence-electron chi connectivity index (χ0n) is 19.4. The molecule has 4 heterocycles. The summed E-state index contributed by atoms with van der Waals surface area (Å²) in [6.45, 7) is -0.784. The summed E-state index contributed by atoms with van der Waals surface area (Å²) in [6, 6.07) is 20.1. The summed E-state index contributed by atoms with van der Waals surface area (Å²) < 4.78 is 32.4. The first-order valence-electron chi connectivity index (χ1n) is 11.5. The summed E-state index contributed by atoms with van der Waals surface area (Å²) in [5.74, 6) is -1.48. The molecule has 0 aliphatic carbocycles. The number of aromatic nitrogens is 4. The van der Waals surface area contributed by atoms with Gasteiger partial charge in [-0.3, -0.25) is 14.9 Å². The second-order valence-electron chi connectivity index (χ2n) is 8.73. The topological polar surface area (TPSA) is 96.0 Å². The molecule has 3 aromatic heterocycles. The average molecular weight is 498 g/mol. The van der Waals surface area contributed by atoms with Crippen LogP contribution in [-0.2, 0) is 0 Å². The van der Waals surface area contributed by atoms with Gasteiger partial charge < -0.3 is 15.0 Å². The zero-order chi connectivity index (χ0) is 25.4. The molecule has 0 bridgehead atoms. The van der Waals surface area contributed by atoms with Gasteiger partial charge in [0.05, 0.1) is 24.8 Å². The van der Waals surface area contributed by atoms with Crippen molar-refractivity contribution >= 4 is 28.3 Å². The minimum Gasteiger partial charge on any atom is -0.456 e. The van der Waals surface area contributed by atoms with Crippen molar-refractivity contribution in [3.63, 3.8) is 0 Å². The van der Waals surface area contributed by atoms with E-state index in [1.54, 1.807) is 24.5 Å². The fourth-order valence-corrected chi connectivity index (χ4v) is 4.16. The number of benzene rings is 2. The smallest absolute Gasteiger partial charge is 0.282 e. The molecule has 184 valence electrons. The van der Waals surface area contributed by atoms with Gasteiger partial charge in [-0.25, -0.2) is 13.8 Å². The number of alkyl halides is 2. The van der Waals surface area contributed by atoms with E-state index >= 15 is 0 Å². The van der Waals surface area contributed by atoms with E-state index in [9.17, 15) is 13.6 Å². The maximum atomic E-state index is 13.2. The Balaban J connectivity index is 1.24. The van der Waals surface area contributed by atoms with E-state index in [1.165, 1.54) is 11.1 Å². The van der Waals surface area contributed by atoms with E-state index in [4.69, 9.17) is 4.74 Å². The molecular formula is C27H20F2N6O2. The summed E-state index contributed by atoms with van der Waals surface area (Å²) in [5.41, 5.74) is 2.98. The van der Waals surface area contributed by atoms with Crippen LogP contribution in [0.3, 0.4) is 0 Å². The number of nitrogens with zero attached hydrogens (tertiary/aromatic N) is 4. The predicted octanol–water partition coefficient (Wildman–Crippen LogP) is 5.52. The minimum atomic E-state index is -2.71. The lowest BCUT2D eigenvalue weighted by Crippen LogP contribution is -2.56. The summed E-state index contributed by atoms with van der Waals surface area (Å²) in [4.78, 5) is 23.0. The number of carbonyl (C=O) groups excluding carboxylic acids is 1. The Morgan fingerprint density at radius 2 is 1.81 bits per heavy atom. The maximum absolute atomic E-state index is 13.2. The number of aromatic amines is 1. The summed E-state index contributed by atoms with van der Waals surface area (Å²) in [7, 11) is 0. The quantitative estimate of drug-likeness (QED) is 0.320. The third kappa shape index (κ3) is 4.68. The van der Waals surface area contributed by atoms with Crippen molar-refractivity contribution in [1.82, 2.24) is 20.2 Å². The van der Waals surface area contributed by atoms with Gasteiger partial charge in [-0.2, -0.15) is 5.10 Å². The van der Waals surface area contributed by atoms with Crippen LogP contribution in [0.1, 0.15) is 10.5 Å². The van der Waals surface area contributed by atoms with Crippen LogP contribution >= 0.6 is 0 Å². The van der Waals surface area contributed by atoms with Crippen molar-refractivity contribution in [1.29, 1.82) is 0 Å². The number of ether oxygens (including phenoxy) is 1. The first kappa shape index (κ1) is 22.6. The van der Waals surface area contributed by atoms with Gasteiger partial charge in [0.15, 0.2) is 5.69 Å². The van der Waals surface area contributed by atoms with Crippen LogP contribution < -0.4 is 15.0 Å². The van der Waals surface area contributed by atoms with Crippen LogP contribution in [0.2, 0.25) is 0 Å². The van der Waals surface area contributed by atoms with Crippen molar-refractivity contribution in [2.75, 3.05) is 23.3 Å². The number of hydrogen-bond donors (Lipinski definition) is 2. The van der Waals surface area contributed by atoms with Crippen LogP contribution in [0.5, 0.6) is 11.5 Å². The van der Waals surface area contributed by atoms with E-state index in [1.807, 2.05) is 54.6 Å². The maximum Gasteiger partial charge on any atom is 0.282 e. The van der Waals surface area contributed by atoms with Gasteiger partial charge in [0.2, 0.25) is 0 Å². The molecule has 8 nitrogen and oxygen atoms in total. The summed E-state index contributed by atoms with van der Waals surface area (Å²) in [5, 5.41) is 10.5. The van der Waals surface area contributed by atoms with Crippen LogP contribution in [0.25, 0.3) is 22.0 Å². The first-order chi connectivity index (χ1) is 17.9. The molecule has 1 aliphatic rings. The van der Waals surface area contributed by atoms with Gasteiger partial charge in [-0.15, -0.1) is 0 Å². The fourth-order valence-electron chi connectivity index (χ4n) is 4.16. The lowest BCUT2D eigenvalue weighted by atomic mass is 10.0. The molecule has 2 N–H and O–H groups in total. The molecule has 1 saturated heterocycles. The number of amides is 1. The van der Waals surface area contributed by atoms with E-state index in [-0.39, 0.29) is 5.69 Å². The summed E-state index contributed by atoms with van der Waals surface area (Å²) >= 11 is 0. The number of hydrogen-bond acceptors (Lipinski definition) is 6. The lowest BCUT2D eigenvalue weighted by Gasteiger charge is -2.39. The number of pyridine rings is 2. The van der Waals surface area contributed by atoms with Gasteiger partial charge >= 0.3 is 0 Å². The molecule has 1 amide bonds. The molecule has 5 aromatic rings. The molecule has 10 heteroatoms. The first-order valence-corrected chi connectivity index (χ1v) is 11.5. The number of halogens is 2. The molecule has 0 atom stereocenters.